The smallest absolute Gasteiger partial charge is 0.399 e. The fourth-order valence-electron chi connectivity index (χ4n) is 2.02. The number of ether oxygens (including phenoxy) is 1. The van der Waals surface area contributed by atoms with Gasteiger partial charge in [-0.15, -0.1) is 0 Å². The molecular formula is C13H21BN2O3. The van der Waals surface area contributed by atoms with Crippen LogP contribution in [0.5, 0.6) is 0 Å². The second-order valence-corrected chi connectivity index (χ2v) is 5.79. The number of nitrogens with two attached hydrogens (primary N) is 1. The maximum atomic E-state index is 6.03. The quantitative estimate of drug-likeness (QED) is 0.828. The first kappa shape index (κ1) is 14.3. The highest BCUT2D eigenvalue weighted by atomic mass is 16.7. The molecule has 0 bridgehead atoms. The third kappa shape index (κ3) is 2.48. The van der Waals surface area contributed by atoms with Gasteiger partial charge in [-0.25, -0.2) is 4.98 Å². The number of anilines is 1. The van der Waals surface area contributed by atoms with Crippen molar-refractivity contribution in [3.8, 4) is 0 Å². The lowest BCUT2D eigenvalue weighted by Gasteiger charge is -2.32. The van der Waals surface area contributed by atoms with Crippen LogP contribution in [-0.4, -0.2) is 30.4 Å². The maximum absolute atomic E-state index is 6.03. The van der Waals surface area contributed by atoms with E-state index in [9.17, 15) is 0 Å². The van der Waals surface area contributed by atoms with Crippen molar-refractivity contribution < 1.29 is 14.0 Å². The van der Waals surface area contributed by atoms with E-state index >= 15 is 0 Å². The van der Waals surface area contributed by atoms with Crippen molar-refractivity contribution >= 4 is 18.4 Å². The van der Waals surface area contributed by atoms with Crippen molar-refractivity contribution in [3.05, 3.63) is 17.8 Å². The molecule has 0 atom stereocenters. The van der Waals surface area contributed by atoms with Crippen molar-refractivity contribution in [2.45, 2.75) is 45.5 Å². The van der Waals surface area contributed by atoms with E-state index in [0.717, 1.165) is 11.0 Å². The number of pyridine rings is 1. The molecule has 1 fully saturated rings. The van der Waals surface area contributed by atoms with Crippen molar-refractivity contribution in [1.29, 1.82) is 0 Å². The lowest BCUT2D eigenvalue weighted by atomic mass is 9.76. The van der Waals surface area contributed by atoms with Gasteiger partial charge in [0.2, 0.25) is 0 Å². The van der Waals surface area contributed by atoms with Crippen LogP contribution in [0.15, 0.2) is 12.3 Å². The summed E-state index contributed by atoms with van der Waals surface area (Å²) >= 11 is 0. The van der Waals surface area contributed by atoms with Gasteiger partial charge in [0.15, 0.2) is 0 Å². The molecule has 6 heteroatoms. The monoisotopic (exact) mass is 264 g/mol. The number of hydrogen-bond acceptors (Lipinski definition) is 5. The second kappa shape index (κ2) is 4.78. The fraction of sp³-hybridized carbons (Fsp3) is 0.615. The minimum Gasteiger partial charge on any atom is -0.399 e. The summed E-state index contributed by atoms with van der Waals surface area (Å²) in [7, 11) is 1.18. The van der Waals surface area contributed by atoms with E-state index in [-0.39, 0.29) is 11.2 Å². The Morgan fingerprint density at radius 2 is 1.84 bits per heavy atom. The van der Waals surface area contributed by atoms with Crippen LogP contribution >= 0.6 is 0 Å². The summed E-state index contributed by atoms with van der Waals surface area (Å²) in [5.74, 6) is 0.453. The summed E-state index contributed by atoms with van der Waals surface area (Å²) in [5, 5.41) is 0. The van der Waals surface area contributed by atoms with Crippen LogP contribution in [0.2, 0.25) is 0 Å². The Labute approximate surface area is 114 Å². The van der Waals surface area contributed by atoms with Crippen molar-refractivity contribution in [2.24, 2.45) is 0 Å². The molecule has 2 N–H and O–H groups in total. The van der Waals surface area contributed by atoms with E-state index in [1.807, 2.05) is 33.8 Å². The first-order valence-corrected chi connectivity index (χ1v) is 6.36. The van der Waals surface area contributed by atoms with Gasteiger partial charge in [-0.2, -0.15) is 0 Å². The predicted octanol–water partition coefficient (Wildman–Crippen LogP) is 1.11. The van der Waals surface area contributed by atoms with E-state index in [4.69, 9.17) is 19.8 Å². The van der Waals surface area contributed by atoms with Gasteiger partial charge in [0, 0.05) is 18.9 Å². The molecule has 104 valence electrons. The average Bonchev–Trinajstić information content (AvgIpc) is 2.51. The molecule has 1 aliphatic heterocycles. The lowest BCUT2D eigenvalue weighted by Crippen LogP contribution is -2.41. The van der Waals surface area contributed by atoms with E-state index in [1.54, 1.807) is 13.3 Å². The third-order valence-corrected chi connectivity index (χ3v) is 3.92. The topological polar surface area (TPSA) is 66.6 Å². The summed E-state index contributed by atoms with van der Waals surface area (Å²) in [6.07, 6.45) is 1.66. The SMILES string of the molecule is COCc1c(B2OC(C)(C)C(C)(C)O2)ccnc1N. The van der Waals surface area contributed by atoms with E-state index in [0.29, 0.717) is 12.4 Å². The van der Waals surface area contributed by atoms with Crippen LogP contribution < -0.4 is 11.2 Å². The Hall–Kier alpha value is -1.11. The minimum atomic E-state index is -0.444. The zero-order valence-corrected chi connectivity index (χ0v) is 12.2. The molecule has 0 amide bonds. The molecule has 2 rings (SSSR count). The summed E-state index contributed by atoms with van der Waals surface area (Å²) in [6.45, 7) is 8.47. The van der Waals surface area contributed by atoms with Crippen LogP contribution in [0.25, 0.3) is 0 Å². The molecule has 0 saturated carbocycles. The number of nitrogens with zero attached hydrogens (tertiary/aromatic N) is 1. The number of methoxy groups -OCH3 is 1. The largest absolute Gasteiger partial charge is 0.495 e. The molecule has 0 unspecified atom stereocenters. The van der Waals surface area contributed by atoms with Crippen LogP contribution in [0.1, 0.15) is 33.3 Å². The van der Waals surface area contributed by atoms with Gasteiger partial charge in [-0.1, -0.05) is 0 Å². The standard InChI is InChI=1S/C13H21BN2O3/c1-12(2)13(3,4)19-14(18-12)10-6-7-16-11(15)9(10)8-17-5/h6-7H,8H2,1-5H3,(H2,15,16). The van der Waals surface area contributed by atoms with E-state index < -0.39 is 7.12 Å². The lowest BCUT2D eigenvalue weighted by molar-refractivity contribution is 0.00578. The highest BCUT2D eigenvalue weighted by Gasteiger charge is 2.52. The van der Waals surface area contributed by atoms with Crippen molar-refractivity contribution in [1.82, 2.24) is 4.98 Å². The zero-order chi connectivity index (χ0) is 14.3. The first-order valence-electron chi connectivity index (χ1n) is 6.36. The Kier molecular flexibility index (Phi) is 3.60. The van der Waals surface area contributed by atoms with E-state index in [2.05, 4.69) is 4.98 Å². The third-order valence-electron chi connectivity index (χ3n) is 3.92. The molecule has 0 aliphatic carbocycles. The summed E-state index contributed by atoms with van der Waals surface area (Å²) in [4.78, 5) is 4.09. The molecule has 1 saturated heterocycles. The van der Waals surface area contributed by atoms with Gasteiger partial charge in [0.25, 0.3) is 0 Å². The summed E-state index contributed by atoms with van der Waals surface area (Å²) < 4.78 is 17.2. The molecule has 1 aromatic rings. The average molecular weight is 264 g/mol. The number of nitrogen functional groups attached to an aromatic ring is 1. The van der Waals surface area contributed by atoms with Gasteiger partial charge >= 0.3 is 7.12 Å². The van der Waals surface area contributed by atoms with E-state index in [1.165, 1.54) is 0 Å². The van der Waals surface area contributed by atoms with Gasteiger partial charge in [-0.05, 0) is 39.2 Å². The Bertz CT molecular complexity index is 461. The van der Waals surface area contributed by atoms with Crippen LogP contribution in [-0.2, 0) is 20.7 Å². The molecule has 2 heterocycles. The van der Waals surface area contributed by atoms with Crippen molar-refractivity contribution in [2.75, 3.05) is 12.8 Å². The molecule has 0 spiro atoms. The van der Waals surface area contributed by atoms with Gasteiger partial charge in [-0.3, -0.25) is 0 Å². The Morgan fingerprint density at radius 3 is 2.37 bits per heavy atom. The second-order valence-electron chi connectivity index (χ2n) is 5.79. The first-order chi connectivity index (χ1) is 8.78. The molecule has 1 aliphatic rings. The van der Waals surface area contributed by atoms with Crippen molar-refractivity contribution in [3.63, 3.8) is 0 Å². The highest BCUT2D eigenvalue weighted by molar-refractivity contribution is 6.62. The molecule has 1 aromatic heterocycles. The Morgan fingerprint density at radius 1 is 1.26 bits per heavy atom. The molecular weight excluding hydrogens is 243 g/mol. The molecule has 19 heavy (non-hydrogen) atoms. The molecule has 5 nitrogen and oxygen atoms in total. The normalized spacial score (nSPS) is 20.8. The van der Waals surface area contributed by atoms with Gasteiger partial charge in [0.1, 0.15) is 5.82 Å². The van der Waals surface area contributed by atoms with Crippen LogP contribution in [0, 0.1) is 0 Å². The number of rotatable bonds is 3. The molecule has 0 aromatic carbocycles. The molecule has 0 radical (unpaired) electrons. The fourth-order valence-corrected chi connectivity index (χ4v) is 2.02. The number of hydrogen-bond donors (Lipinski definition) is 1. The predicted molar refractivity (Wildman–Crippen MR) is 75.1 cm³/mol. The summed E-state index contributed by atoms with van der Waals surface area (Å²) in [6, 6.07) is 1.87. The minimum absolute atomic E-state index is 0.375. The maximum Gasteiger partial charge on any atom is 0.495 e. The summed E-state index contributed by atoms with van der Waals surface area (Å²) in [5.41, 5.74) is 6.86. The van der Waals surface area contributed by atoms with Crippen LogP contribution in [0.4, 0.5) is 5.82 Å². The number of aromatic nitrogens is 1. The zero-order valence-electron chi connectivity index (χ0n) is 12.2. The van der Waals surface area contributed by atoms with Gasteiger partial charge in [0.05, 0.1) is 17.8 Å². The van der Waals surface area contributed by atoms with Crippen LogP contribution in [0.3, 0.4) is 0 Å². The Balaban J connectivity index is 2.37. The highest BCUT2D eigenvalue weighted by Crippen LogP contribution is 2.36. The van der Waals surface area contributed by atoms with Gasteiger partial charge < -0.3 is 19.8 Å².